The zero-order chi connectivity index (χ0) is 19.4. The number of allylic oxidation sites excluding steroid dienone is 4. The number of rotatable bonds is 6. The molecule has 0 saturated carbocycles. The van der Waals surface area contributed by atoms with Gasteiger partial charge in [-0.05, 0) is 41.4 Å². The Morgan fingerprint density at radius 3 is 2.15 bits per heavy atom. The van der Waals surface area contributed by atoms with Gasteiger partial charge in [-0.1, -0.05) is 88.2 Å². The minimum atomic E-state index is -0.771. The second kappa shape index (κ2) is 8.21. The third kappa shape index (κ3) is 4.21. The number of hydrogen-bond donors (Lipinski definition) is 0. The molecule has 0 aliphatic heterocycles. The fourth-order valence-corrected chi connectivity index (χ4v) is 3.86. The van der Waals surface area contributed by atoms with Gasteiger partial charge in [-0.2, -0.15) is 0 Å². The average Bonchev–Trinajstić information content (AvgIpc) is 2.66. The Hall–Kier alpha value is -2.22. The number of aryl methyl sites for hydroxylation is 1. The van der Waals surface area contributed by atoms with Crippen molar-refractivity contribution in [2.24, 2.45) is 5.41 Å². The van der Waals surface area contributed by atoms with Crippen molar-refractivity contribution in [3.8, 4) is 11.1 Å². The van der Waals surface area contributed by atoms with Crippen LogP contribution in [0.25, 0.3) is 16.7 Å². The van der Waals surface area contributed by atoms with E-state index in [4.69, 9.17) is 0 Å². The van der Waals surface area contributed by atoms with Crippen molar-refractivity contribution in [2.75, 3.05) is 0 Å². The van der Waals surface area contributed by atoms with E-state index in [1.165, 1.54) is 5.56 Å². The predicted octanol–water partition coefficient (Wildman–Crippen LogP) is 7.73. The Labute approximate surface area is 161 Å². The van der Waals surface area contributed by atoms with Crippen LogP contribution in [0.4, 0.5) is 8.78 Å². The van der Waals surface area contributed by atoms with E-state index in [0.717, 1.165) is 37.7 Å². The molecule has 0 bridgehead atoms. The maximum absolute atomic E-state index is 14.8. The van der Waals surface area contributed by atoms with Crippen molar-refractivity contribution in [3.63, 3.8) is 0 Å². The van der Waals surface area contributed by atoms with E-state index in [1.54, 1.807) is 12.1 Å². The van der Waals surface area contributed by atoms with Gasteiger partial charge in [-0.3, -0.25) is 0 Å². The molecule has 0 saturated heterocycles. The van der Waals surface area contributed by atoms with Crippen LogP contribution in [0.5, 0.6) is 0 Å². The zero-order valence-electron chi connectivity index (χ0n) is 16.5. The maximum Gasteiger partial charge on any atom is 0.167 e. The van der Waals surface area contributed by atoms with Crippen LogP contribution in [0.1, 0.15) is 57.6 Å². The topological polar surface area (TPSA) is 0 Å². The molecule has 0 aromatic heterocycles. The minimum absolute atomic E-state index is 0.118. The van der Waals surface area contributed by atoms with Gasteiger partial charge < -0.3 is 0 Å². The summed E-state index contributed by atoms with van der Waals surface area (Å²) in [6.45, 7) is 6.50. The summed E-state index contributed by atoms with van der Waals surface area (Å²) >= 11 is 0. The lowest BCUT2D eigenvalue weighted by Gasteiger charge is -2.27. The van der Waals surface area contributed by atoms with Gasteiger partial charge in [0.2, 0.25) is 0 Å². The van der Waals surface area contributed by atoms with E-state index in [0.29, 0.717) is 16.7 Å². The Morgan fingerprint density at radius 2 is 1.56 bits per heavy atom. The van der Waals surface area contributed by atoms with Crippen molar-refractivity contribution in [3.05, 3.63) is 77.4 Å². The summed E-state index contributed by atoms with van der Waals surface area (Å²) in [7, 11) is 0. The highest BCUT2D eigenvalue weighted by atomic mass is 19.2. The quantitative estimate of drug-likeness (QED) is 0.490. The van der Waals surface area contributed by atoms with Gasteiger partial charge in [0.15, 0.2) is 11.6 Å². The van der Waals surface area contributed by atoms with E-state index in [-0.39, 0.29) is 5.41 Å². The van der Waals surface area contributed by atoms with Crippen LogP contribution in [-0.4, -0.2) is 0 Å². The van der Waals surface area contributed by atoms with Gasteiger partial charge in [-0.15, -0.1) is 0 Å². The standard InChI is InChI=1S/C25H28F2/c1-4-6-18-7-9-19(10-8-18)21-11-12-22(24(27)23(21)26)20-13-16-25(3,15-5-2)17-14-20/h7-14,16H,4-6,15,17H2,1-3H3. The molecule has 2 aromatic carbocycles. The average molecular weight is 366 g/mol. The summed E-state index contributed by atoms with van der Waals surface area (Å²) in [5.74, 6) is -1.54. The molecule has 0 heterocycles. The Bertz CT molecular complexity index is 859. The molecule has 0 nitrogen and oxygen atoms in total. The summed E-state index contributed by atoms with van der Waals surface area (Å²) in [6, 6.07) is 11.1. The molecule has 1 aliphatic carbocycles. The highest BCUT2D eigenvalue weighted by Crippen LogP contribution is 2.38. The Kier molecular flexibility index (Phi) is 5.94. The second-order valence-corrected chi connectivity index (χ2v) is 7.84. The fourth-order valence-electron chi connectivity index (χ4n) is 3.86. The summed E-state index contributed by atoms with van der Waals surface area (Å²) in [5, 5.41) is 0. The van der Waals surface area contributed by atoms with Gasteiger partial charge in [-0.25, -0.2) is 8.78 Å². The number of benzene rings is 2. The highest BCUT2D eigenvalue weighted by molar-refractivity contribution is 5.78. The van der Waals surface area contributed by atoms with E-state index < -0.39 is 11.6 Å². The van der Waals surface area contributed by atoms with Crippen molar-refractivity contribution >= 4 is 5.57 Å². The molecule has 1 unspecified atom stereocenters. The molecular formula is C25H28F2. The predicted molar refractivity (Wildman–Crippen MR) is 111 cm³/mol. The van der Waals surface area contributed by atoms with Crippen molar-refractivity contribution in [2.45, 2.75) is 52.9 Å². The molecule has 0 spiro atoms. The summed E-state index contributed by atoms with van der Waals surface area (Å²) in [6.07, 6.45) is 11.2. The first-order chi connectivity index (χ1) is 13.0. The van der Waals surface area contributed by atoms with Gasteiger partial charge >= 0.3 is 0 Å². The molecule has 0 N–H and O–H groups in total. The summed E-state index contributed by atoms with van der Waals surface area (Å²) in [4.78, 5) is 0. The summed E-state index contributed by atoms with van der Waals surface area (Å²) in [5.41, 5.74) is 3.47. The molecule has 27 heavy (non-hydrogen) atoms. The van der Waals surface area contributed by atoms with E-state index in [1.807, 2.05) is 36.4 Å². The maximum atomic E-state index is 14.8. The molecule has 0 amide bonds. The second-order valence-electron chi connectivity index (χ2n) is 7.84. The normalized spacial score (nSPS) is 19.2. The molecular weight excluding hydrogens is 338 g/mol. The van der Waals surface area contributed by atoms with Gasteiger partial charge in [0.1, 0.15) is 0 Å². The molecule has 3 rings (SSSR count). The van der Waals surface area contributed by atoms with E-state index in [2.05, 4.69) is 26.8 Å². The molecule has 0 radical (unpaired) electrons. The minimum Gasteiger partial charge on any atom is -0.203 e. The van der Waals surface area contributed by atoms with Crippen LogP contribution >= 0.6 is 0 Å². The lowest BCUT2D eigenvalue weighted by Crippen LogP contribution is -2.14. The lowest BCUT2D eigenvalue weighted by atomic mass is 9.77. The Morgan fingerprint density at radius 1 is 0.889 bits per heavy atom. The number of halogens is 2. The third-order valence-electron chi connectivity index (χ3n) is 5.47. The van der Waals surface area contributed by atoms with E-state index in [9.17, 15) is 8.78 Å². The van der Waals surface area contributed by atoms with Crippen LogP contribution in [0.15, 0.2) is 54.6 Å². The summed E-state index contributed by atoms with van der Waals surface area (Å²) < 4.78 is 29.6. The SMILES string of the molecule is CCCc1ccc(-c2ccc(C3=CCC(C)(CCC)C=C3)c(F)c2F)cc1. The van der Waals surface area contributed by atoms with Crippen LogP contribution in [-0.2, 0) is 6.42 Å². The first-order valence-electron chi connectivity index (χ1n) is 9.94. The van der Waals surface area contributed by atoms with Crippen molar-refractivity contribution < 1.29 is 8.78 Å². The third-order valence-corrected chi connectivity index (χ3v) is 5.47. The first-order valence-corrected chi connectivity index (χ1v) is 9.94. The molecule has 2 heteroatoms. The lowest BCUT2D eigenvalue weighted by molar-refractivity contribution is 0.389. The van der Waals surface area contributed by atoms with Gasteiger partial charge in [0, 0.05) is 11.1 Å². The van der Waals surface area contributed by atoms with Crippen LogP contribution in [0, 0.1) is 17.0 Å². The molecule has 0 fully saturated rings. The molecule has 2 aromatic rings. The van der Waals surface area contributed by atoms with Gasteiger partial charge in [0.25, 0.3) is 0 Å². The Balaban J connectivity index is 1.88. The number of hydrogen-bond acceptors (Lipinski definition) is 0. The van der Waals surface area contributed by atoms with Crippen LogP contribution in [0.3, 0.4) is 0 Å². The highest BCUT2D eigenvalue weighted by Gasteiger charge is 2.23. The smallest absolute Gasteiger partial charge is 0.167 e. The molecule has 142 valence electrons. The van der Waals surface area contributed by atoms with Crippen LogP contribution < -0.4 is 0 Å². The largest absolute Gasteiger partial charge is 0.203 e. The van der Waals surface area contributed by atoms with E-state index >= 15 is 0 Å². The fraction of sp³-hybridized carbons (Fsp3) is 0.360. The zero-order valence-corrected chi connectivity index (χ0v) is 16.5. The molecule has 1 atom stereocenters. The van der Waals surface area contributed by atoms with Crippen molar-refractivity contribution in [1.82, 2.24) is 0 Å². The molecule has 1 aliphatic rings. The van der Waals surface area contributed by atoms with Gasteiger partial charge in [0.05, 0.1) is 0 Å². The van der Waals surface area contributed by atoms with Crippen molar-refractivity contribution in [1.29, 1.82) is 0 Å². The first kappa shape index (κ1) is 19.5. The van der Waals surface area contributed by atoms with Crippen LogP contribution in [0.2, 0.25) is 0 Å². The monoisotopic (exact) mass is 366 g/mol.